The minimum absolute atomic E-state index is 0.159. The van der Waals surface area contributed by atoms with Crippen molar-refractivity contribution in [1.29, 1.82) is 0 Å². The number of benzene rings is 1. The number of aliphatic imine (C=N–C) groups is 1. The first-order valence-electron chi connectivity index (χ1n) is 7.15. The summed E-state index contributed by atoms with van der Waals surface area (Å²) < 4.78 is 0. The van der Waals surface area contributed by atoms with Gasteiger partial charge >= 0.3 is 0 Å². The van der Waals surface area contributed by atoms with Crippen LogP contribution in [0.15, 0.2) is 34.2 Å². The van der Waals surface area contributed by atoms with E-state index in [0.29, 0.717) is 9.93 Å². The average Bonchev–Trinajstić information content (AvgIpc) is 2.83. The second-order valence-corrected chi connectivity index (χ2v) is 6.92. The Bertz CT molecular complexity index is 618. The Labute approximate surface area is 134 Å². The summed E-state index contributed by atoms with van der Waals surface area (Å²) in [5.41, 5.74) is 0.860. The summed E-state index contributed by atoms with van der Waals surface area (Å²) in [6, 6.07) is 7.52. The lowest BCUT2D eigenvalue weighted by atomic mass is 10.00. The Hall–Kier alpha value is -1.26. The smallest absolute Gasteiger partial charge is 0.286 e. The van der Waals surface area contributed by atoms with Gasteiger partial charge in [-0.3, -0.25) is 4.79 Å². The van der Waals surface area contributed by atoms with Gasteiger partial charge in [0.15, 0.2) is 5.17 Å². The number of nitrogens with zero attached hydrogens (tertiary/aromatic N) is 2. The predicted octanol–water partition coefficient (Wildman–Crippen LogP) is 4.04. The van der Waals surface area contributed by atoms with E-state index < -0.39 is 0 Å². The van der Waals surface area contributed by atoms with E-state index in [0.717, 1.165) is 42.6 Å². The van der Waals surface area contributed by atoms with Crippen LogP contribution >= 0.6 is 23.4 Å². The highest BCUT2D eigenvalue weighted by atomic mass is 35.5. The van der Waals surface area contributed by atoms with Crippen LogP contribution in [-0.4, -0.2) is 29.1 Å². The number of hydrogen-bond donors (Lipinski definition) is 0. The number of amidine groups is 1. The third kappa shape index (κ3) is 3.33. The summed E-state index contributed by atoms with van der Waals surface area (Å²) in [6.45, 7) is 4.24. The Morgan fingerprint density at radius 1 is 1.33 bits per heavy atom. The fraction of sp³-hybridized carbons (Fsp3) is 0.375. The van der Waals surface area contributed by atoms with Crippen molar-refractivity contribution in [3.63, 3.8) is 0 Å². The molecule has 0 atom stereocenters. The molecule has 3 nitrogen and oxygen atoms in total. The second-order valence-electron chi connectivity index (χ2n) is 5.50. The van der Waals surface area contributed by atoms with E-state index in [1.165, 1.54) is 11.8 Å². The maximum Gasteiger partial charge on any atom is 0.286 e. The molecule has 1 fully saturated rings. The fourth-order valence-electron chi connectivity index (χ4n) is 2.47. The number of hydrogen-bond acceptors (Lipinski definition) is 3. The summed E-state index contributed by atoms with van der Waals surface area (Å²) in [6.07, 6.45) is 4.16. The molecule has 0 spiro atoms. The van der Waals surface area contributed by atoms with Gasteiger partial charge in [-0.05, 0) is 48.2 Å². The van der Waals surface area contributed by atoms with E-state index in [1.54, 1.807) is 0 Å². The Morgan fingerprint density at radius 3 is 2.76 bits per heavy atom. The molecule has 1 aromatic carbocycles. The van der Waals surface area contributed by atoms with E-state index in [-0.39, 0.29) is 5.91 Å². The van der Waals surface area contributed by atoms with Crippen molar-refractivity contribution in [2.75, 3.05) is 13.1 Å². The molecule has 0 radical (unpaired) electrons. The van der Waals surface area contributed by atoms with Crippen LogP contribution in [0.3, 0.4) is 0 Å². The standard InChI is InChI=1S/C16H17ClN2OS/c1-11-6-8-19(9-7-11)16-18-15(20)14(21-16)10-12-4-2-3-5-13(12)17/h2-5,10-11H,6-9H2,1H3/b14-10+. The fourth-order valence-corrected chi connectivity index (χ4v) is 3.61. The molecular formula is C16H17ClN2OS. The molecule has 0 bridgehead atoms. The van der Waals surface area contributed by atoms with Crippen molar-refractivity contribution in [1.82, 2.24) is 4.90 Å². The molecule has 21 heavy (non-hydrogen) atoms. The molecular weight excluding hydrogens is 304 g/mol. The maximum absolute atomic E-state index is 12.1. The molecule has 0 aliphatic carbocycles. The van der Waals surface area contributed by atoms with Crippen LogP contribution in [0.1, 0.15) is 25.3 Å². The minimum atomic E-state index is -0.159. The molecule has 1 saturated heterocycles. The third-order valence-corrected chi connectivity index (χ3v) is 5.24. The molecule has 1 amide bonds. The lowest BCUT2D eigenvalue weighted by Gasteiger charge is -2.30. The topological polar surface area (TPSA) is 32.7 Å². The van der Waals surface area contributed by atoms with Crippen molar-refractivity contribution in [2.45, 2.75) is 19.8 Å². The van der Waals surface area contributed by atoms with Crippen molar-refractivity contribution in [3.05, 3.63) is 39.8 Å². The first-order chi connectivity index (χ1) is 10.1. The molecule has 0 aromatic heterocycles. The number of rotatable bonds is 1. The van der Waals surface area contributed by atoms with Gasteiger partial charge in [0.25, 0.3) is 5.91 Å². The van der Waals surface area contributed by atoms with Gasteiger partial charge in [0.2, 0.25) is 0 Å². The molecule has 110 valence electrons. The highest BCUT2D eigenvalue weighted by Gasteiger charge is 2.28. The van der Waals surface area contributed by atoms with Gasteiger partial charge in [0.1, 0.15) is 0 Å². The number of amides is 1. The molecule has 3 rings (SSSR count). The first kappa shape index (κ1) is 14.7. The van der Waals surface area contributed by atoms with Gasteiger partial charge in [-0.2, -0.15) is 4.99 Å². The lowest BCUT2D eigenvalue weighted by Crippen LogP contribution is -2.35. The van der Waals surface area contributed by atoms with Gasteiger partial charge in [0.05, 0.1) is 4.91 Å². The zero-order valence-corrected chi connectivity index (χ0v) is 13.5. The van der Waals surface area contributed by atoms with Gasteiger partial charge in [-0.25, -0.2) is 0 Å². The normalized spacial score (nSPS) is 22.0. The molecule has 2 aliphatic heterocycles. The predicted molar refractivity (Wildman–Crippen MR) is 89.4 cm³/mol. The molecule has 2 heterocycles. The van der Waals surface area contributed by atoms with Crippen molar-refractivity contribution >= 4 is 40.5 Å². The summed E-state index contributed by atoms with van der Waals surface area (Å²) in [7, 11) is 0. The number of piperidine rings is 1. The van der Waals surface area contributed by atoms with Gasteiger partial charge in [0, 0.05) is 18.1 Å². The highest BCUT2D eigenvalue weighted by molar-refractivity contribution is 8.18. The maximum atomic E-state index is 12.1. The zero-order chi connectivity index (χ0) is 14.8. The monoisotopic (exact) mass is 320 g/mol. The van der Waals surface area contributed by atoms with Gasteiger partial charge in [-0.1, -0.05) is 36.7 Å². The highest BCUT2D eigenvalue weighted by Crippen LogP contribution is 2.33. The van der Waals surface area contributed by atoms with E-state index in [1.807, 2.05) is 30.3 Å². The summed E-state index contributed by atoms with van der Waals surface area (Å²) in [5, 5.41) is 1.49. The van der Waals surface area contributed by atoms with E-state index in [9.17, 15) is 4.79 Å². The van der Waals surface area contributed by atoms with Crippen molar-refractivity contribution in [3.8, 4) is 0 Å². The Morgan fingerprint density at radius 2 is 2.05 bits per heavy atom. The zero-order valence-electron chi connectivity index (χ0n) is 11.9. The second kappa shape index (κ2) is 6.24. The summed E-state index contributed by atoms with van der Waals surface area (Å²) in [4.78, 5) is 19.1. The molecule has 2 aliphatic rings. The summed E-state index contributed by atoms with van der Waals surface area (Å²) in [5.74, 6) is 0.607. The minimum Gasteiger partial charge on any atom is -0.351 e. The average molecular weight is 321 g/mol. The van der Waals surface area contributed by atoms with Crippen LogP contribution < -0.4 is 0 Å². The van der Waals surface area contributed by atoms with Crippen molar-refractivity contribution in [2.24, 2.45) is 10.9 Å². The summed E-state index contributed by atoms with van der Waals surface area (Å²) >= 11 is 7.60. The number of thioether (sulfide) groups is 1. The number of carbonyl (C=O) groups excluding carboxylic acids is 1. The molecule has 0 saturated carbocycles. The molecule has 1 aromatic rings. The van der Waals surface area contributed by atoms with Crippen LogP contribution in [0.2, 0.25) is 5.02 Å². The molecule has 0 unspecified atom stereocenters. The first-order valence-corrected chi connectivity index (χ1v) is 8.35. The van der Waals surface area contributed by atoms with E-state index in [4.69, 9.17) is 11.6 Å². The van der Waals surface area contributed by atoms with Crippen LogP contribution in [0.4, 0.5) is 0 Å². The van der Waals surface area contributed by atoms with Crippen LogP contribution in [0.25, 0.3) is 6.08 Å². The van der Waals surface area contributed by atoms with E-state index >= 15 is 0 Å². The number of likely N-dealkylation sites (tertiary alicyclic amines) is 1. The molecule has 0 N–H and O–H groups in total. The third-order valence-electron chi connectivity index (χ3n) is 3.86. The number of halogens is 1. The SMILES string of the molecule is CC1CCN(C2=NC(=O)/C(=C\c3ccccc3Cl)S2)CC1. The van der Waals surface area contributed by atoms with Crippen molar-refractivity contribution < 1.29 is 4.79 Å². The van der Waals surface area contributed by atoms with Crippen LogP contribution in [-0.2, 0) is 4.79 Å². The largest absolute Gasteiger partial charge is 0.351 e. The van der Waals surface area contributed by atoms with Gasteiger partial charge < -0.3 is 4.90 Å². The lowest BCUT2D eigenvalue weighted by molar-refractivity contribution is -0.113. The quantitative estimate of drug-likeness (QED) is 0.732. The Kier molecular flexibility index (Phi) is 4.36. The molecule has 5 heteroatoms. The van der Waals surface area contributed by atoms with Crippen LogP contribution in [0.5, 0.6) is 0 Å². The number of carbonyl (C=O) groups is 1. The van der Waals surface area contributed by atoms with Gasteiger partial charge in [-0.15, -0.1) is 0 Å². The van der Waals surface area contributed by atoms with Crippen LogP contribution in [0, 0.1) is 5.92 Å². The van der Waals surface area contributed by atoms with E-state index in [2.05, 4.69) is 16.8 Å². The Balaban J connectivity index is 1.74.